The third-order valence-corrected chi connectivity index (χ3v) is 4.76. The van der Waals surface area contributed by atoms with Crippen molar-refractivity contribution in [1.82, 2.24) is 4.98 Å². The summed E-state index contributed by atoms with van der Waals surface area (Å²) in [4.78, 5) is 29.1. The summed E-state index contributed by atoms with van der Waals surface area (Å²) >= 11 is 0. The summed E-state index contributed by atoms with van der Waals surface area (Å²) < 4.78 is 39.1. The quantitative estimate of drug-likeness (QED) is 0.738. The zero-order chi connectivity index (χ0) is 17.5. The fourth-order valence-electron chi connectivity index (χ4n) is 3.65. The van der Waals surface area contributed by atoms with Gasteiger partial charge >= 0.3 is 6.18 Å². The number of nitriles is 1. The molecule has 1 aliphatic heterocycles. The Balaban J connectivity index is 1.96. The Morgan fingerprint density at radius 3 is 2.25 bits per heavy atom. The molecule has 0 atom stereocenters. The van der Waals surface area contributed by atoms with Gasteiger partial charge in [-0.2, -0.15) is 18.4 Å². The number of carbonyl (C=O) groups is 2. The first-order valence-electron chi connectivity index (χ1n) is 7.59. The average Bonchev–Trinajstić information content (AvgIpc) is 2.93. The molecule has 2 fully saturated rings. The van der Waals surface area contributed by atoms with Crippen LogP contribution in [0, 0.1) is 16.7 Å². The third kappa shape index (κ3) is 2.75. The van der Waals surface area contributed by atoms with Gasteiger partial charge in [-0.1, -0.05) is 12.8 Å². The lowest BCUT2D eigenvalue weighted by Gasteiger charge is -2.37. The zero-order valence-corrected chi connectivity index (χ0v) is 12.7. The molecule has 1 saturated carbocycles. The Bertz CT molecular complexity index is 726. The van der Waals surface area contributed by atoms with E-state index in [1.165, 1.54) is 6.07 Å². The Kier molecular flexibility index (Phi) is 3.82. The highest BCUT2D eigenvalue weighted by atomic mass is 19.4. The number of imide groups is 1. The van der Waals surface area contributed by atoms with Crippen molar-refractivity contribution < 1.29 is 22.8 Å². The minimum Gasteiger partial charge on any atom is -0.274 e. The predicted molar refractivity (Wildman–Crippen MR) is 76.6 cm³/mol. The summed E-state index contributed by atoms with van der Waals surface area (Å²) in [6, 6.07) is 2.02. The van der Waals surface area contributed by atoms with Crippen molar-refractivity contribution in [2.45, 2.75) is 44.7 Å². The standard InChI is InChI=1S/C16H14F3N3O2/c17-16(18,19)11-5-10(9-21-12(11)8-20)22-13(23)6-15(7-14(22)24)3-1-2-4-15/h5,9H,1-4,6-7H2. The summed E-state index contributed by atoms with van der Waals surface area (Å²) in [5.41, 5.74) is -2.60. The molecular weight excluding hydrogens is 323 g/mol. The van der Waals surface area contributed by atoms with Crippen LogP contribution in [0.4, 0.5) is 18.9 Å². The minimum absolute atomic E-state index is 0.153. The number of hydrogen-bond acceptors (Lipinski definition) is 4. The second-order valence-electron chi connectivity index (χ2n) is 6.38. The summed E-state index contributed by atoms with van der Waals surface area (Å²) in [5.74, 6) is -1.01. The number of hydrogen-bond donors (Lipinski definition) is 0. The molecule has 0 N–H and O–H groups in total. The number of halogens is 3. The van der Waals surface area contributed by atoms with E-state index in [1.54, 1.807) is 0 Å². The van der Waals surface area contributed by atoms with Crippen molar-refractivity contribution in [3.05, 3.63) is 23.5 Å². The van der Waals surface area contributed by atoms with E-state index in [9.17, 15) is 22.8 Å². The van der Waals surface area contributed by atoms with E-state index < -0.39 is 29.2 Å². The van der Waals surface area contributed by atoms with Gasteiger partial charge in [0.25, 0.3) is 0 Å². The summed E-state index contributed by atoms with van der Waals surface area (Å²) in [5, 5.41) is 8.77. The number of rotatable bonds is 1. The van der Waals surface area contributed by atoms with Crippen molar-refractivity contribution in [3.8, 4) is 6.07 Å². The van der Waals surface area contributed by atoms with Gasteiger partial charge in [0.05, 0.1) is 17.4 Å². The fourth-order valence-corrected chi connectivity index (χ4v) is 3.65. The molecule has 1 spiro atoms. The third-order valence-electron chi connectivity index (χ3n) is 4.76. The predicted octanol–water partition coefficient (Wildman–Crippen LogP) is 3.19. The number of carbonyl (C=O) groups excluding carboxylic acids is 2. The lowest BCUT2D eigenvalue weighted by atomic mass is 9.76. The maximum Gasteiger partial charge on any atom is 0.419 e. The van der Waals surface area contributed by atoms with Gasteiger partial charge in [0.2, 0.25) is 11.8 Å². The Hall–Kier alpha value is -2.43. The van der Waals surface area contributed by atoms with Gasteiger partial charge in [0.1, 0.15) is 6.07 Å². The van der Waals surface area contributed by atoms with Crippen LogP contribution in [0.5, 0.6) is 0 Å². The SMILES string of the molecule is N#Cc1ncc(N2C(=O)CC3(CCCC3)CC2=O)cc1C(F)(F)F. The largest absolute Gasteiger partial charge is 0.419 e. The molecule has 1 aromatic rings. The number of amides is 2. The molecular formula is C16H14F3N3O2. The first kappa shape index (κ1) is 16.4. The molecule has 0 radical (unpaired) electrons. The number of nitrogens with zero attached hydrogens (tertiary/aromatic N) is 3. The molecule has 8 heteroatoms. The van der Waals surface area contributed by atoms with Crippen LogP contribution < -0.4 is 4.90 Å². The first-order valence-corrected chi connectivity index (χ1v) is 7.59. The second-order valence-corrected chi connectivity index (χ2v) is 6.38. The van der Waals surface area contributed by atoms with Crippen LogP contribution in [-0.4, -0.2) is 16.8 Å². The van der Waals surface area contributed by atoms with E-state index in [0.29, 0.717) is 6.07 Å². The molecule has 0 aromatic carbocycles. The molecule has 2 aliphatic rings. The lowest BCUT2D eigenvalue weighted by Crippen LogP contribution is -2.47. The van der Waals surface area contributed by atoms with Gasteiger partial charge in [-0.25, -0.2) is 9.88 Å². The maximum atomic E-state index is 13.0. The van der Waals surface area contributed by atoms with Crippen LogP contribution in [-0.2, 0) is 15.8 Å². The van der Waals surface area contributed by atoms with Crippen molar-refractivity contribution in [2.24, 2.45) is 5.41 Å². The average molecular weight is 337 g/mol. The highest BCUT2D eigenvalue weighted by Gasteiger charge is 2.46. The van der Waals surface area contributed by atoms with Gasteiger partial charge in [-0.05, 0) is 24.3 Å². The van der Waals surface area contributed by atoms with E-state index in [1.807, 2.05) is 0 Å². The van der Waals surface area contributed by atoms with E-state index in [-0.39, 0.29) is 23.9 Å². The zero-order valence-electron chi connectivity index (χ0n) is 12.7. The molecule has 1 aromatic heterocycles. The molecule has 0 bridgehead atoms. The minimum atomic E-state index is -4.79. The Labute approximate surface area is 136 Å². The molecule has 1 saturated heterocycles. The summed E-state index contributed by atoms with van der Waals surface area (Å²) in [6.07, 6.45) is -0.0249. The summed E-state index contributed by atoms with van der Waals surface area (Å²) in [7, 11) is 0. The van der Waals surface area contributed by atoms with Crippen molar-refractivity contribution >= 4 is 17.5 Å². The number of pyridine rings is 1. The van der Waals surface area contributed by atoms with E-state index in [4.69, 9.17) is 5.26 Å². The van der Waals surface area contributed by atoms with Crippen LogP contribution in [0.25, 0.3) is 0 Å². The van der Waals surface area contributed by atoms with Crippen molar-refractivity contribution in [1.29, 1.82) is 5.26 Å². The molecule has 0 unspecified atom stereocenters. The number of piperidine rings is 1. The number of aromatic nitrogens is 1. The molecule has 3 rings (SSSR count). The lowest BCUT2D eigenvalue weighted by molar-refractivity contribution is -0.138. The van der Waals surface area contributed by atoms with Crippen LogP contribution >= 0.6 is 0 Å². The van der Waals surface area contributed by atoms with Crippen LogP contribution in [0.2, 0.25) is 0 Å². The van der Waals surface area contributed by atoms with E-state index in [2.05, 4.69) is 4.98 Å². The van der Waals surface area contributed by atoms with Gasteiger partial charge in [-0.3, -0.25) is 9.59 Å². The monoisotopic (exact) mass is 337 g/mol. The Morgan fingerprint density at radius 1 is 1.17 bits per heavy atom. The van der Waals surface area contributed by atoms with Crippen LogP contribution in [0.3, 0.4) is 0 Å². The highest BCUT2D eigenvalue weighted by Crippen LogP contribution is 2.47. The van der Waals surface area contributed by atoms with Gasteiger partial charge in [-0.15, -0.1) is 0 Å². The smallest absolute Gasteiger partial charge is 0.274 e. The van der Waals surface area contributed by atoms with Gasteiger partial charge < -0.3 is 0 Å². The Morgan fingerprint density at radius 2 is 1.75 bits per heavy atom. The van der Waals surface area contributed by atoms with E-state index in [0.717, 1.165) is 36.8 Å². The molecule has 126 valence electrons. The number of alkyl halides is 3. The summed E-state index contributed by atoms with van der Waals surface area (Å²) in [6.45, 7) is 0. The molecule has 2 heterocycles. The normalized spacial score (nSPS) is 20.5. The van der Waals surface area contributed by atoms with E-state index >= 15 is 0 Å². The highest BCUT2D eigenvalue weighted by molar-refractivity contribution is 6.17. The first-order chi connectivity index (χ1) is 11.3. The molecule has 1 aliphatic carbocycles. The molecule has 24 heavy (non-hydrogen) atoms. The second kappa shape index (κ2) is 5.58. The van der Waals surface area contributed by atoms with Crippen molar-refractivity contribution in [2.75, 3.05) is 4.90 Å². The maximum absolute atomic E-state index is 13.0. The topological polar surface area (TPSA) is 74.1 Å². The van der Waals surface area contributed by atoms with Gasteiger partial charge in [0, 0.05) is 12.8 Å². The van der Waals surface area contributed by atoms with Crippen LogP contribution in [0.15, 0.2) is 12.3 Å². The van der Waals surface area contributed by atoms with Crippen molar-refractivity contribution in [3.63, 3.8) is 0 Å². The number of anilines is 1. The molecule has 5 nitrogen and oxygen atoms in total. The molecule has 2 amide bonds. The fraction of sp³-hybridized carbons (Fsp3) is 0.500. The van der Waals surface area contributed by atoms with Crippen LogP contribution in [0.1, 0.15) is 49.8 Å². The van der Waals surface area contributed by atoms with Gasteiger partial charge in [0.15, 0.2) is 5.69 Å².